The van der Waals surface area contributed by atoms with Crippen molar-refractivity contribution in [2.24, 2.45) is 0 Å². The molecule has 7 heteroatoms. The van der Waals surface area contributed by atoms with Gasteiger partial charge in [0.1, 0.15) is 10.9 Å². The van der Waals surface area contributed by atoms with E-state index in [9.17, 15) is 9.90 Å². The monoisotopic (exact) mass is 333 g/mol. The number of carboxylic acids is 1. The van der Waals surface area contributed by atoms with Crippen LogP contribution in [0.4, 0.5) is 0 Å². The normalized spacial score (nSPS) is 20.5. The predicted octanol–water partition coefficient (Wildman–Crippen LogP) is 3.24. The Morgan fingerprint density at radius 1 is 1.41 bits per heavy atom. The van der Waals surface area contributed by atoms with E-state index in [1.165, 1.54) is 11.8 Å². The van der Waals surface area contributed by atoms with Gasteiger partial charge >= 0.3 is 5.97 Å². The molecule has 2 aromatic heterocycles. The van der Waals surface area contributed by atoms with Gasteiger partial charge < -0.3 is 5.11 Å². The number of carbonyl (C=O) groups is 1. The predicted molar refractivity (Wildman–Crippen MR) is 86.3 cm³/mol. The first-order chi connectivity index (χ1) is 10.6. The maximum atomic E-state index is 11.8. The highest BCUT2D eigenvalue weighted by Crippen LogP contribution is 2.35. The van der Waals surface area contributed by atoms with Crippen LogP contribution in [-0.4, -0.2) is 32.3 Å². The lowest BCUT2D eigenvalue weighted by atomic mass is 9.78. The fourth-order valence-electron chi connectivity index (χ4n) is 2.39. The molecule has 2 heterocycles. The Morgan fingerprint density at radius 2 is 2.23 bits per heavy atom. The second-order valence-electron chi connectivity index (χ2n) is 4.86. The third-order valence-electron chi connectivity index (χ3n) is 3.59. The molecule has 3 rings (SSSR count). The van der Waals surface area contributed by atoms with E-state index in [-0.39, 0.29) is 5.15 Å². The molecule has 1 aliphatic rings. The van der Waals surface area contributed by atoms with Crippen LogP contribution in [0.25, 0.3) is 10.9 Å². The van der Waals surface area contributed by atoms with Crippen LogP contribution >= 0.6 is 23.4 Å². The number of nitrogens with zero attached hydrogens (tertiary/aromatic N) is 3. The SMILES string of the molecule is CSc1ncc2cc(C3(C(=O)O)C=CC=CC3)nc(Cl)c2n1. The molecular weight excluding hydrogens is 322 g/mol. The van der Waals surface area contributed by atoms with Crippen LogP contribution in [0.5, 0.6) is 0 Å². The minimum Gasteiger partial charge on any atom is -0.480 e. The Bertz CT molecular complexity index is 822. The van der Waals surface area contributed by atoms with Crippen molar-refractivity contribution in [3.63, 3.8) is 0 Å². The first-order valence-corrected chi connectivity index (χ1v) is 8.12. The van der Waals surface area contributed by atoms with Crippen molar-refractivity contribution in [2.75, 3.05) is 6.26 Å². The van der Waals surface area contributed by atoms with Crippen LogP contribution in [-0.2, 0) is 10.2 Å². The summed E-state index contributed by atoms with van der Waals surface area (Å²) in [6, 6.07) is 1.70. The Kier molecular flexibility index (Phi) is 3.88. The zero-order chi connectivity index (χ0) is 15.7. The van der Waals surface area contributed by atoms with E-state index in [0.29, 0.717) is 28.2 Å². The number of fused-ring (bicyclic) bond motifs is 1. The summed E-state index contributed by atoms with van der Waals surface area (Å²) in [6.45, 7) is 0. The largest absolute Gasteiger partial charge is 0.480 e. The quantitative estimate of drug-likeness (QED) is 0.528. The van der Waals surface area contributed by atoms with Crippen molar-refractivity contribution in [3.05, 3.63) is 47.4 Å². The highest BCUT2D eigenvalue weighted by Gasteiger charge is 2.39. The Morgan fingerprint density at radius 3 is 2.86 bits per heavy atom. The Labute approximate surface area is 136 Å². The maximum absolute atomic E-state index is 11.8. The minimum absolute atomic E-state index is 0.189. The van der Waals surface area contributed by atoms with E-state index in [0.717, 1.165) is 0 Å². The van der Waals surface area contributed by atoms with Gasteiger partial charge in [-0.3, -0.25) is 4.79 Å². The average molecular weight is 334 g/mol. The molecule has 0 aromatic carbocycles. The van der Waals surface area contributed by atoms with Crippen LogP contribution < -0.4 is 0 Å². The summed E-state index contributed by atoms with van der Waals surface area (Å²) in [5.41, 5.74) is -0.288. The van der Waals surface area contributed by atoms with E-state index in [1.54, 1.807) is 30.5 Å². The van der Waals surface area contributed by atoms with Crippen LogP contribution in [0, 0.1) is 0 Å². The fourth-order valence-corrected chi connectivity index (χ4v) is 2.97. The van der Waals surface area contributed by atoms with Gasteiger partial charge in [0.05, 0.1) is 5.69 Å². The molecule has 1 unspecified atom stereocenters. The third-order valence-corrected chi connectivity index (χ3v) is 4.42. The number of carboxylic acid groups (broad SMARTS) is 1. The van der Waals surface area contributed by atoms with Crippen LogP contribution in [0.15, 0.2) is 41.7 Å². The lowest BCUT2D eigenvalue weighted by Crippen LogP contribution is -2.35. The topological polar surface area (TPSA) is 76.0 Å². The van der Waals surface area contributed by atoms with Crippen molar-refractivity contribution in [1.82, 2.24) is 15.0 Å². The van der Waals surface area contributed by atoms with Gasteiger partial charge in [0, 0.05) is 11.6 Å². The van der Waals surface area contributed by atoms with Gasteiger partial charge in [-0.1, -0.05) is 47.7 Å². The van der Waals surface area contributed by atoms with Crippen LogP contribution in [0.3, 0.4) is 0 Å². The highest BCUT2D eigenvalue weighted by atomic mass is 35.5. The molecule has 0 bridgehead atoms. The molecule has 0 radical (unpaired) electrons. The number of hydrogen-bond donors (Lipinski definition) is 1. The number of halogens is 1. The second kappa shape index (κ2) is 5.70. The zero-order valence-electron chi connectivity index (χ0n) is 11.7. The fraction of sp³-hybridized carbons (Fsp3) is 0.200. The maximum Gasteiger partial charge on any atom is 0.319 e. The molecule has 0 aliphatic heterocycles. The number of aliphatic carboxylic acids is 1. The van der Waals surface area contributed by atoms with E-state index in [2.05, 4.69) is 15.0 Å². The Balaban J connectivity index is 2.21. The van der Waals surface area contributed by atoms with E-state index < -0.39 is 11.4 Å². The van der Waals surface area contributed by atoms with Crippen molar-refractivity contribution in [1.29, 1.82) is 0 Å². The van der Waals surface area contributed by atoms with Crippen molar-refractivity contribution >= 4 is 40.2 Å². The number of thioether (sulfide) groups is 1. The summed E-state index contributed by atoms with van der Waals surface area (Å²) in [5.74, 6) is -0.960. The molecule has 0 amide bonds. The second-order valence-corrected chi connectivity index (χ2v) is 5.99. The summed E-state index contributed by atoms with van der Waals surface area (Å²) in [5, 5.41) is 11.1. The molecule has 2 aromatic rings. The van der Waals surface area contributed by atoms with Gasteiger partial charge in [-0.2, -0.15) is 0 Å². The lowest BCUT2D eigenvalue weighted by Gasteiger charge is -2.26. The van der Waals surface area contributed by atoms with Crippen molar-refractivity contribution < 1.29 is 9.90 Å². The molecule has 22 heavy (non-hydrogen) atoms. The third kappa shape index (κ3) is 2.38. The Hall–Kier alpha value is -1.92. The molecular formula is C15H12ClN3O2S. The molecule has 0 fully saturated rings. The van der Waals surface area contributed by atoms with Gasteiger partial charge in [0.25, 0.3) is 0 Å². The summed E-state index contributed by atoms with van der Waals surface area (Å²) in [6.07, 6.45) is 10.8. The molecule has 1 N–H and O–H groups in total. The van der Waals surface area contributed by atoms with E-state index in [4.69, 9.17) is 11.6 Å². The molecule has 0 spiro atoms. The van der Waals surface area contributed by atoms with Gasteiger partial charge in [-0.05, 0) is 18.7 Å². The summed E-state index contributed by atoms with van der Waals surface area (Å²) >= 11 is 7.64. The van der Waals surface area contributed by atoms with Gasteiger partial charge in [-0.25, -0.2) is 15.0 Å². The van der Waals surface area contributed by atoms with Crippen LogP contribution in [0.1, 0.15) is 12.1 Å². The first kappa shape index (κ1) is 15.0. The molecule has 1 aliphatic carbocycles. The number of hydrogen-bond acceptors (Lipinski definition) is 5. The number of rotatable bonds is 3. The molecule has 112 valence electrons. The van der Waals surface area contributed by atoms with Gasteiger partial charge in [0.2, 0.25) is 0 Å². The summed E-state index contributed by atoms with van der Waals surface area (Å²) < 4.78 is 0. The molecule has 0 saturated carbocycles. The number of aromatic nitrogens is 3. The van der Waals surface area contributed by atoms with Crippen molar-refractivity contribution in [2.45, 2.75) is 17.0 Å². The lowest BCUT2D eigenvalue weighted by molar-refractivity contribution is -0.142. The minimum atomic E-state index is -1.20. The van der Waals surface area contributed by atoms with E-state index in [1.807, 2.05) is 12.3 Å². The average Bonchev–Trinajstić information content (AvgIpc) is 2.55. The van der Waals surface area contributed by atoms with Gasteiger partial charge in [-0.15, -0.1) is 0 Å². The van der Waals surface area contributed by atoms with E-state index >= 15 is 0 Å². The summed E-state index contributed by atoms with van der Waals surface area (Å²) in [7, 11) is 0. The van der Waals surface area contributed by atoms with Gasteiger partial charge in [0.15, 0.2) is 10.3 Å². The zero-order valence-corrected chi connectivity index (χ0v) is 13.2. The van der Waals surface area contributed by atoms with Crippen LogP contribution in [0.2, 0.25) is 5.15 Å². The number of allylic oxidation sites excluding steroid dienone is 3. The standard InChI is InChI=1S/C15H12ClN3O2S/c1-22-14-17-8-9-7-10(18-12(16)11(9)19-14)15(13(20)21)5-3-2-4-6-15/h2-5,7-8H,6H2,1H3,(H,20,21). The molecule has 5 nitrogen and oxygen atoms in total. The summed E-state index contributed by atoms with van der Waals surface area (Å²) in [4.78, 5) is 24.6. The molecule has 1 atom stereocenters. The number of pyridine rings is 1. The molecule has 0 saturated heterocycles. The highest BCUT2D eigenvalue weighted by molar-refractivity contribution is 7.98. The first-order valence-electron chi connectivity index (χ1n) is 6.52. The smallest absolute Gasteiger partial charge is 0.319 e. The van der Waals surface area contributed by atoms with Crippen molar-refractivity contribution in [3.8, 4) is 0 Å².